The molecular formula is C21H27Cl2NO2. The number of piperidine rings is 1. The molecule has 1 unspecified atom stereocenters. The molecule has 3 nitrogen and oxygen atoms in total. The Morgan fingerprint density at radius 2 is 1.69 bits per heavy atom. The number of hydrogen-bond acceptors (Lipinski definition) is 3. The zero-order chi connectivity index (χ0) is 17.5. The predicted octanol–water partition coefficient (Wildman–Crippen LogP) is 4.46. The van der Waals surface area contributed by atoms with Crippen LogP contribution in [0.2, 0.25) is 5.02 Å². The van der Waals surface area contributed by atoms with Crippen LogP contribution in [0.25, 0.3) is 0 Å². The molecule has 5 heteroatoms. The summed E-state index contributed by atoms with van der Waals surface area (Å²) >= 11 is 6.07. The Balaban J connectivity index is 0.00000243. The molecule has 0 aromatic heterocycles. The lowest BCUT2D eigenvalue weighted by molar-refractivity contribution is 0.0551. The highest BCUT2D eigenvalue weighted by molar-refractivity contribution is 6.32. The van der Waals surface area contributed by atoms with E-state index in [1.807, 2.05) is 18.2 Å². The summed E-state index contributed by atoms with van der Waals surface area (Å²) in [4.78, 5) is 2.34. The fourth-order valence-electron chi connectivity index (χ4n) is 3.42. The number of rotatable bonds is 7. The van der Waals surface area contributed by atoms with E-state index < -0.39 is 6.10 Å². The number of likely N-dealkylation sites (tertiary alicyclic amines) is 1. The van der Waals surface area contributed by atoms with Gasteiger partial charge < -0.3 is 14.7 Å². The van der Waals surface area contributed by atoms with E-state index in [4.69, 9.17) is 16.3 Å². The molecule has 1 atom stereocenters. The number of ether oxygens (including phenoxy) is 1. The summed E-state index contributed by atoms with van der Waals surface area (Å²) in [6.45, 7) is 3.01. The number of nitrogens with zero attached hydrogens (tertiary/aromatic N) is 1. The highest BCUT2D eigenvalue weighted by Crippen LogP contribution is 2.24. The third kappa shape index (κ3) is 6.48. The van der Waals surface area contributed by atoms with Crippen LogP contribution in [0.3, 0.4) is 0 Å². The molecule has 2 aromatic rings. The van der Waals surface area contributed by atoms with Gasteiger partial charge in [-0.2, -0.15) is 0 Å². The van der Waals surface area contributed by atoms with E-state index in [9.17, 15) is 5.11 Å². The Labute approximate surface area is 167 Å². The number of benzene rings is 2. The first kappa shape index (κ1) is 21.0. The second-order valence-corrected chi connectivity index (χ2v) is 7.24. The summed E-state index contributed by atoms with van der Waals surface area (Å²) in [5, 5.41) is 10.8. The molecule has 0 saturated carbocycles. The van der Waals surface area contributed by atoms with Gasteiger partial charge in [0.15, 0.2) is 0 Å². The van der Waals surface area contributed by atoms with Gasteiger partial charge in [-0.3, -0.25) is 0 Å². The zero-order valence-corrected chi connectivity index (χ0v) is 16.5. The van der Waals surface area contributed by atoms with Crippen LogP contribution in [0.1, 0.15) is 18.4 Å². The quantitative estimate of drug-likeness (QED) is 0.750. The lowest BCUT2D eigenvalue weighted by Gasteiger charge is -2.33. The van der Waals surface area contributed by atoms with Gasteiger partial charge in [-0.25, -0.2) is 0 Å². The van der Waals surface area contributed by atoms with Gasteiger partial charge in [0.2, 0.25) is 0 Å². The third-order valence-electron chi connectivity index (χ3n) is 4.81. The first-order valence-electron chi connectivity index (χ1n) is 9.02. The second-order valence-electron chi connectivity index (χ2n) is 6.83. The van der Waals surface area contributed by atoms with Crippen molar-refractivity contribution in [3.8, 4) is 5.75 Å². The largest absolute Gasteiger partial charge is 0.489 e. The maximum atomic E-state index is 10.2. The second kappa shape index (κ2) is 10.8. The summed E-state index contributed by atoms with van der Waals surface area (Å²) in [7, 11) is 0. The van der Waals surface area contributed by atoms with Crippen molar-refractivity contribution in [2.24, 2.45) is 5.92 Å². The van der Waals surface area contributed by atoms with Crippen LogP contribution < -0.4 is 4.74 Å². The Bertz CT molecular complexity index is 645. The van der Waals surface area contributed by atoms with Crippen molar-refractivity contribution < 1.29 is 9.84 Å². The molecule has 0 amide bonds. The highest BCUT2D eigenvalue weighted by Gasteiger charge is 2.21. The first-order chi connectivity index (χ1) is 12.2. The van der Waals surface area contributed by atoms with Gasteiger partial charge in [-0.1, -0.05) is 54.1 Å². The van der Waals surface area contributed by atoms with E-state index in [0.717, 1.165) is 25.4 Å². The molecule has 142 valence electrons. The van der Waals surface area contributed by atoms with Crippen LogP contribution in [-0.2, 0) is 6.42 Å². The van der Waals surface area contributed by atoms with E-state index in [2.05, 4.69) is 35.2 Å². The Morgan fingerprint density at radius 1 is 1.04 bits per heavy atom. The zero-order valence-electron chi connectivity index (χ0n) is 14.9. The topological polar surface area (TPSA) is 32.7 Å². The van der Waals surface area contributed by atoms with Crippen molar-refractivity contribution >= 4 is 24.0 Å². The highest BCUT2D eigenvalue weighted by atomic mass is 35.5. The van der Waals surface area contributed by atoms with Crippen LogP contribution in [0.5, 0.6) is 5.75 Å². The van der Waals surface area contributed by atoms with Gasteiger partial charge in [0.25, 0.3) is 0 Å². The summed E-state index contributed by atoms with van der Waals surface area (Å²) in [5.74, 6) is 1.37. The van der Waals surface area contributed by atoms with Crippen LogP contribution in [0, 0.1) is 5.92 Å². The monoisotopic (exact) mass is 395 g/mol. The molecule has 1 fully saturated rings. The average Bonchev–Trinajstić information content (AvgIpc) is 2.64. The molecule has 0 spiro atoms. The SMILES string of the molecule is Cl.OC(COc1ccccc1Cl)CN1CCC(Cc2ccccc2)CC1. The minimum absolute atomic E-state index is 0. The van der Waals surface area contributed by atoms with E-state index in [-0.39, 0.29) is 19.0 Å². The lowest BCUT2D eigenvalue weighted by atomic mass is 9.90. The molecule has 26 heavy (non-hydrogen) atoms. The summed E-state index contributed by atoms with van der Waals surface area (Å²) < 4.78 is 5.63. The summed E-state index contributed by atoms with van der Waals surface area (Å²) in [6.07, 6.45) is 3.04. The van der Waals surface area contributed by atoms with Crippen molar-refractivity contribution in [1.29, 1.82) is 0 Å². The van der Waals surface area contributed by atoms with E-state index >= 15 is 0 Å². The van der Waals surface area contributed by atoms with Crippen molar-refractivity contribution in [1.82, 2.24) is 4.90 Å². The molecule has 2 aromatic carbocycles. The maximum Gasteiger partial charge on any atom is 0.138 e. The van der Waals surface area contributed by atoms with Gasteiger partial charge in [-0.05, 0) is 56.0 Å². The van der Waals surface area contributed by atoms with Crippen LogP contribution in [0.4, 0.5) is 0 Å². The Kier molecular flexibility index (Phi) is 8.73. The van der Waals surface area contributed by atoms with Crippen LogP contribution in [-0.4, -0.2) is 42.4 Å². The number of para-hydroxylation sites is 1. The van der Waals surface area contributed by atoms with Gasteiger partial charge in [0.1, 0.15) is 18.5 Å². The fraction of sp³-hybridized carbons (Fsp3) is 0.429. The standard InChI is InChI=1S/C21H26ClNO2.ClH/c22-20-8-4-5-9-21(20)25-16-19(24)15-23-12-10-18(11-13-23)14-17-6-2-1-3-7-17;/h1-9,18-19,24H,10-16H2;1H. The van der Waals surface area contributed by atoms with E-state index in [0.29, 0.717) is 17.3 Å². The molecule has 1 saturated heterocycles. The first-order valence-corrected chi connectivity index (χ1v) is 9.40. The molecule has 1 N–H and O–H groups in total. The number of aliphatic hydroxyl groups excluding tert-OH is 1. The molecule has 0 aliphatic carbocycles. The van der Waals surface area contributed by atoms with Crippen molar-refractivity contribution in [2.45, 2.75) is 25.4 Å². The molecule has 1 heterocycles. The number of β-amino-alcohol motifs (C(OH)–C–C–N with tert-alkyl or cyclic N) is 1. The minimum atomic E-state index is -0.498. The van der Waals surface area contributed by atoms with E-state index in [1.54, 1.807) is 6.07 Å². The van der Waals surface area contributed by atoms with Gasteiger partial charge in [0, 0.05) is 6.54 Å². The molecule has 3 rings (SSSR count). The Morgan fingerprint density at radius 3 is 2.38 bits per heavy atom. The molecular weight excluding hydrogens is 369 g/mol. The normalized spacial score (nSPS) is 16.7. The van der Waals surface area contributed by atoms with Crippen molar-refractivity contribution in [3.05, 3.63) is 65.2 Å². The number of hydrogen-bond donors (Lipinski definition) is 1. The predicted molar refractivity (Wildman–Crippen MR) is 110 cm³/mol. The average molecular weight is 396 g/mol. The molecule has 0 bridgehead atoms. The number of halogens is 2. The lowest BCUT2D eigenvalue weighted by Crippen LogP contribution is -2.41. The molecule has 1 aliphatic rings. The third-order valence-corrected chi connectivity index (χ3v) is 5.12. The molecule has 1 aliphatic heterocycles. The van der Waals surface area contributed by atoms with Gasteiger partial charge in [0.05, 0.1) is 5.02 Å². The summed E-state index contributed by atoms with van der Waals surface area (Å²) in [6, 6.07) is 18.1. The molecule has 0 radical (unpaired) electrons. The smallest absolute Gasteiger partial charge is 0.138 e. The fourth-order valence-corrected chi connectivity index (χ4v) is 3.61. The van der Waals surface area contributed by atoms with Crippen molar-refractivity contribution in [2.75, 3.05) is 26.2 Å². The van der Waals surface area contributed by atoms with Gasteiger partial charge >= 0.3 is 0 Å². The van der Waals surface area contributed by atoms with Gasteiger partial charge in [-0.15, -0.1) is 12.4 Å². The Hall–Kier alpha value is -1.26. The van der Waals surface area contributed by atoms with Crippen LogP contribution in [0.15, 0.2) is 54.6 Å². The van der Waals surface area contributed by atoms with Crippen LogP contribution >= 0.6 is 24.0 Å². The summed E-state index contributed by atoms with van der Waals surface area (Å²) in [5.41, 5.74) is 1.43. The minimum Gasteiger partial charge on any atom is -0.489 e. The van der Waals surface area contributed by atoms with E-state index in [1.165, 1.54) is 18.4 Å². The number of aliphatic hydroxyl groups is 1. The van der Waals surface area contributed by atoms with Crippen molar-refractivity contribution in [3.63, 3.8) is 0 Å². The maximum absolute atomic E-state index is 10.2.